The number of hydrogen-bond acceptors (Lipinski definition) is 3. The number of hydrogen-bond donors (Lipinski definition) is 1. The Labute approximate surface area is 98.8 Å². The van der Waals surface area contributed by atoms with Crippen molar-refractivity contribution >= 4 is 0 Å². The normalized spacial score (nSPS) is 32.8. The van der Waals surface area contributed by atoms with Crippen LogP contribution in [0.2, 0.25) is 0 Å². The molecule has 0 unspecified atom stereocenters. The van der Waals surface area contributed by atoms with E-state index in [1.165, 1.54) is 32.4 Å². The van der Waals surface area contributed by atoms with E-state index in [0.29, 0.717) is 6.10 Å². The van der Waals surface area contributed by atoms with Crippen LogP contribution in [0.1, 0.15) is 44.9 Å². The first-order valence-electron chi connectivity index (χ1n) is 6.86. The van der Waals surface area contributed by atoms with Crippen LogP contribution in [-0.4, -0.2) is 48.5 Å². The van der Waals surface area contributed by atoms with Crippen LogP contribution >= 0.6 is 0 Å². The Morgan fingerprint density at radius 1 is 1.00 bits per heavy atom. The highest BCUT2D eigenvalue weighted by Crippen LogP contribution is 2.20. The number of nitrogens with zero attached hydrogens (tertiary/aromatic N) is 1. The summed E-state index contributed by atoms with van der Waals surface area (Å²) in [7, 11) is 0. The van der Waals surface area contributed by atoms with Crippen LogP contribution in [0.5, 0.6) is 0 Å². The predicted octanol–water partition coefficient (Wildman–Crippen LogP) is 1.79. The molecule has 2 aliphatic rings. The minimum absolute atomic E-state index is 0.0676. The lowest BCUT2D eigenvalue weighted by molar-refractivity contribution is -0.0119. The quantitative estimate of drug-likeness (QED) is 0.795. The Kier molecular flexibility index (Phi) is 5.07. The van der Waals surface area contributed by atoms with Gasteiger partial charge >= 0.3 is 0 Å². The number of aliphatic hydroxyl groups is 1. The van der Waals surface area contributed by atoms with Gasteiger partial charge in [0.1, 0.15) is 0 Å². The Morgan fingerprint density at radius 2 is 1.69 bits per heavy atom. The van der Waals surface area contributed by atoms with Crippen LogP contribution in [0.15, 0.2) is 0 Å². The van der Waals surface area contributed by atoms with Gasteiger partial charge in [-0.1, -0.05) is 6.42 Å². The van der Waals surface area contributed by atoms with E-state index in [4.69, 9.17) is 4.74 Å². The predicted molar refractivity (Wildman–Crippen MR) is 64.5 cm³/mol. The first-order chi connectivity index (χ1) is 7.84. The average Bonchev–Trinajstić information content (AvgIpc) is 2.33. The molecule has 0 radical (unpaired) electrons. The van der Waals surface area contributed by atoms with E-state index >= 15 is 0 Å². The van der Waals surface area contributed by atoms with Crippen molar-refractivity contribution in [3.63, 3.8) is 0 Å². The van der Waals surface area contributed by atoms with Gasteiger partial charge in [0.2, 0.25) is 0 Å². The highest BCUT2D eigenvalue weighted by Gasteiger charge is 2.19. The first kappa shape index (κ1) is 12.3. The largest absolute Gasteiger partial charge is 0.393 e. The topological polar surface area (TPSA) is 32.7 Å². The van der Waals surface area contributed by atoms with E-state index in [1.54, 1.807) is 0 Å². The lowest BCUT2D eigenvalue weighted by Crippen LogP contribution is -2.34. The molecule has 16 heavy (non-hydrogen) atoms. The smallest absolute Gasteiger partial charge is 0.0597 e. The number of piperidine rings is 1. The molecule has 0 spiro atoms. The molecule has 94 valence electrons. The summed E-state index contributed by atoms with van der Waals surface area (Å²) in [6.45, 7) is 4.49. The van der Waals surface area contributed by atoms with Crippen LogP contribution in [0.4, 0.5) is 0 Å². The minimum Gasteiger partial charge on any atom is -0.393 e. The number of aliphatic hydroxyl groups excluding tert-OH is 1. The first-order valence-corrected chi connectivity index (χ1v) is 6.86. The van der Waals surface area contributed by atoms with Crippen molar-refractivity contribution in [1.82, 2.24) is 4.90 Å². The molecular weight excluding hydrogens is 202 g/mol. The van der Waals surface area contributed by atoms with Gasteiger partial charge in [-0.05, 0) is 51.6 Å². The van der Waals surface area contributed by atoms with Crippen molar-refractivity contribution in [2.24, 2.45) is 0 Å². The highest BCUT2D eigenvalue weighted by atomic mass is 16.5. The summed E-state index contributed by atoms with van der Waals surface area (Å²) >= 11 is 0. The van der Waals surface area contributed by atoms with E-state index in [1.807, 2.05) is 0 Å². The van der Waals surface area contributed by atoms with Crippen LogP contribution in [0, 0.1) is 0 Å². The standard InChI is InChI=1S/C13H25NO2/c15-12-4-6-13(7-5-12)16-11-10-14-8-2-1-3-9-14/h12-13,15H,1-11H2. The van der Waals surface area contributed by atoms with Crippen LogP contribution in [0.3, 0.4) is 0 Å². The van der Waals surface area contributed by atoms with Crippen molar-refractivity contribution in [2.45, 2.75) is 57.2 Å². The molecule has 2 fully saturated rings. The third kappa shape index (κ3) is 4.04. The Bertz CT molecular complexity index is 184. The van der Waals surface area contributed by atoms with Crippen LogP contribution < -0.4 is 0 Å². The highest BCUT2D eigenvalue weighted by molar-refractivity contribution is 4.72. The summed E-state index contributed by atoms with van der Waals surface area (Å²) in [5, 5.41) is 9.39. The second kappa shape index (κ2) is 6.58. The molecule has 1 aliphatic carbocycles. The van der Waals surface area contributed by atoms with Gasteiger partial charge in [-0.15, -0.1) is 0 Å². The zero-order chi connectivity index (χ0) is 11.2. The summed E-state index contributed by atoms with van der Waals surface area (Å²) in [5.41, 5.74) is 0. The summed E-state index contributed by atoms with van der Waals surface area (Å²) in [5.74, 6) is 0. The number of ether oxygens (including phenoxy) is 1. The number of rotatable bonds is 4. The molecule has 3 heteroatoms. The molecule has 1 N–H and O–H groups in total. The molecule has 0 aromatic carbocycles. The van der Waals surface area contributed by atoms with Crippen molar-refractivity contribution in [3.8, 4) is 0 Å². The average molecular weight is 227 g/mol. The van der Waals surface area contributed by atoms with Crippen LogP contribution in [-0.2, 0) is 4.74 Å². The van der Waals surface area contributed by atoms with E-state index in [0.717, 1.165) is 38.8 Å². The van der Waals surface area contributed by atoms with Crippen molar-refractivity contribution < 1.29 is 9.84 Å². The summed E-state index contributed by atoms with van der Waals surface area (Å²) in [4.78, 5) is 2.52. The third-order valence-electron chi connectivity index (χ3n) is 3.85. The minimum atomic E-state index is -0.0676. The molecule has 0 bridgehead atoms. The molecule has 1 aliphatic heterocycles. The second-order valence-corrected chi connectivity index (χ2v) is 5.20. The van der Waals surface area contributed by atoms with E-state index in [9.17, 15) is 5.11 Å². The van der Waals surface area contributed by atoms with E-state index in [2.05, 4.69) is 4.90 Å². The van der Waals surface area contributed by atoms with Crippen molar-refractivity contribution in [3.05, 3.63) is 0 Å². The maximum absolute atomic E-state index is 9.39. The van der Waals surface area contributed by atoms with Gasteiger partial charge in [0.15, 0.2) is 0 Å². The van der Waals surface area contributed by atoms with Gasteiger partial charge < -0.3 is 14.7 Å². The molecule has 0 amide bonds. The Balaban J connectivity index is 1.53. The molecule has 0 aromatic heterocycles. The lowest BCUT2D eigenvalue weighted by Gasteiger charge is -2.29. The zero-order valence-electron chi connectivity index (χ0n) is 10.2. The molecule has 1 saturated carbocycles. The number of likely N-dealkylation sites (tertiary alicyclic amines) is 1. The third-order valence-corrected chi connectivity index (χ3v) is 3.85. The Morgan fingerprint density at radius 3 is 2.38 bits per heavy atom. The molecular formula is C13H25NO2. The summed E-state index contributed by atoms with van der Waals surface area (Å²) < 4.78 is 5.88. The maximum Gasteiger partial charge on any atom is 0.0597 e. The maximum atomic E-state index is 9.39. The fraction of sp³-hybridized carbons (Fsp3) is 1.00. The molecule has 1 saturated heterocycles. The molecule has 0 aromatic rings. The SMILES string of the molecule is OC1CCC(OCCN2CCCCC2)CC1. The van der Waals surface area contributed by atoms with Gasteiger partial charge in [-0.25, -0.2) is 0 Å². The van der Waals surface area contributed by atoms with Gasteiger partial charge in [-0.3, -0.25) is 0 Å². The monoisotopic (exact) mass is 227 g/mol. The fourth-order valence-electron chi connectivity index (χ4n) is 2.74. The lowest BCUT2D eigenvalue weighted by atomic mass is 9.95. The van der Waals surface area contributed by atoms with Crippen LogP contribution in [0.25, 0.3) is 0 Å². The molecule has 3 nitrogen and oxygen atoms in total. The molecule has 0 atom stereocenters. The Hall–Kier alpha value is -0.120. The van der Waals surface area contributed by atoms with Crippen molar-refractivity contribution in [1.29, 1.82) is 0 Å². The van der Waals surface area contributed by atoms with Gasteiger partial charge in [0.25, 0.3) is 0 Å². The molecule has 2 rings (SSSR count). The van der Waals surface area contributed by atoms with Gasteiger partial charge in [0, 0.05) is 6.54 Å². The van der Waals surface area contributed by atoms with E-state index in [-0.39, 0.29) is 6.10 Å². The van der Waals surface area contributed by atoms with Gasteiger partial charge in [0.05, 0.1) is 18.8 Å². The summed E-state index contributed by atoms with van der Waals surface area (Å²) in [6.07, 6.45) is 8.39. The second-order valence-electron chi connectivity index (χ2n) is 5.20. The van der Waals surface area contributed by atoms with Gasteiger partial charge in [-0.2, -0.15) is 0 Å². The van der Waals surface area contributed by atoms with Crippen molar-refractivity contribution in [2.75, 3.05) is 26.2 Å². The zero-order valence-corrected chi connectivity index (χ0v) is 10.2. The molecule has 1 heterocycles. The fourth-order valence-corrected chi connectivity index (χ4v) is 2.74. The summed E-state index contributed by atoms with van der Waals surface area (Å²) in [6, 6.07) is 0. The van der Waals surface area contributed by atoms with E-state index < -0.39 is 0 Å².